The minimum atomic E-state index is -0.891. The van der Waals surface area contributed by atoms with Crippen LogP contribution in [0.25, 0.3) is 5.69 Å². The van der Waals surface area contributed by atoms with E-state index >= 15 is 0 Å². The zero-order chi connectivity index (χ0) is 13.1. The Hall–Kier alpha value is -2.44. The number of nitrogens with one attached hydrogen (secondary N) is 1. The van der Waals surface area contributed by atoms with Crippen molar-refractivity contribution in [3.05, 3.63) is 30.1 Å². The largest absolute Gasteiger partial charge is 0.480 e. The smallest absolute Gasteiger partial charge is 0.325 e. The van der Waals surface area contributed by atoms with Gasteiger partial charge < -0.3 is 10.4 Å². The van der Waals surface area contributed by atoms with E-state index in [1.165, 1.54) is 6.33 Å². The van der Waals surface area contributed by atoms with Gasteiger partial charge in [0.2, 0.25) is 0 Å². The highest BCUT2D eigenvalue weighted by molar-refractivity contribution is 5.76. The van der Waals surface area contributed by atoms with Gasteiger partial charge in [0.05, 0.1) is 5.69 Å². The summed E-state index contributed by atoms with van der Waals surface area (Å²) in [6, 6.07) is 4.85. The molecule has 0 aliphatic heterocycles. The third kappa shape index (κ3) is 2.45. The van der Waals surface area contributed by atoms with Gasteiger partial charge in [0, 0.05) is 5.69 Å². The van der Waals surface area contributed by atoms with Gasteiger partial charge in [-0.2, -0.15) is 0 Å². The van der Waals surface area contributed by atoms with Crippen molar-refractivity contribution in [3.8, 4) is 5.69 Å². The number of hydrogen-bond acceptors (Lipinski definition) is 5. The summed E-state index contributed by atoms with van der Waals surface area (Å²) in [6.07, 6.45) is 1.51. The van der Waals surface area contributed by atoms with Gasteiger partial charge >= 0.3 is 5.97 Å². The maximum atomic E-state index is 10.7. The van der Waals surface area contributed by atoms with E-state index in [0.717, 1.165) is 16.9 Å². The molecule has 2 aromatic rings. The van der Waals surface area contributed by atoms with Gasteiger partial charge in [0.1, 0.15) is 12.4 Å². The molecule has 0 bridgehead atoms. The number of carboxylic acid groups (broad SMARTS) is 1. The van der Waals surface area contributed by atoms with Gasteiger partial charge in [-0.25, -0.2) is 4.68 Å². The van der Waals surface area contributed by atoms with E-state index < -0.39 is 12.0 Å². The highest BCUT2D eigenvalue weighted by Crippen LogP contribution is 2.18. The summed E-state index contributed by atoms with van der Waals surface area (Å²) >= 11 is 0. The Labute approximate surface area is 103 Å². The normalized spacial score (nSPS) is 12.1. The van der Waals surface area contributed by atoms with E-state index in [1.54, 1.807) is 17.7 Å². The third-order valence-corrected chi connectivity index (χ3v) is 2.55. The summed E-state index contributed by atoms with van der Waals surface area (Å²) in [7, 11) is 0. The fourth-order valence-corrected chi connectivity index (χ4v) is 1.59. The lowest BCUT2D eigenvalue weighted by Crippen LogP contribution is -2.25. The van der Waals surface area contributed by atoms with E-state index in [1.807, 2.05) is 19.1 Å². The molecule has 7 heteroatoms. The third-order valence-electron chi connectivity index (χ3n) is 2.55. The predicted molar refractivity (Wildman–Crippen MR) is 64.6 cm³/mol. The van der Waals surface area contributed by atoms with Gasteiger partial charge in [-0.1, -0.05) is 0 Å². The molecule has 18 heavy (non-hydrogen) atoms. The average molecular weight is 247 g/mol. The fraction of sp³-hybridized carbons (Fsp3) is 0.273. The first-order valence-electron chi connectivity index (χ1n) is 5.41. The predicted octanol–water partition coefficient (Wildman–Crippen LogP) is 0.856. The van der Waals surface area contributed by atoms with Crippen molar-refractivity contribution < 1.29 is 9.90 Å². The topological polar surface area (TPSA) is 92.9 Å². The first kappa shape index (κ1) is 12.0. The van der Waals surface area contributed by atoms with Crippen molar-refractivity contribution >= 4 is 11.7 Å². The second kappa shape index (κ2) is 4.82. The van der Waals surface area contributed by atoms with Crippen LogP contribution >= 0.6 is 0 Å². The number of aromatic nitrogens is 4. The number of anilines is 1. The second-order valence-electron chi connectivity index (χ2n) is 3.96. The highest BCUT2D eigenvalue weighted by atomic mass is 16.4. The number of nitrogens with zero attached hydrogens (tertiary/aromatic N) is 4. The first-order chi connectivity index (χ1) is 8.58. The SMILES string of the molecule is Cc1cc(NC(C)C(=O)O)ccc1-n1cnnn1. The molecule has 2 N–H and O–H groups in total. The van der Waals surface area contributed by atoms with Crippen molar-refractivity contribution in [2.24, 2.45) is 0 Å². The molecular formula is C11H13N5O2. The molecule has 0 fully saturated rings. The van der Waals surface area contributed by atoms with Gasteiger partial charge in [-0.05, 0) is 48.0 Å². The first-order valence-corrected chi connectivity index (χ1v) is 5.41. The minimum Gasteiger partial charge on any atom is -0.480 e. The summed E-state index contributed by atoms with van der Waals surface area (Å²) < 4.78 is 1.56. The number of tetrazole rings is 1. The monoisotopic (exact) mass is 247 g/mol. The number of benzene rings is 1. The van der Waals surface area contributed by atoms with Crippen molar-refractivity contribution in [2.45, 2.75) is 19.9 Å². The maximum Gasteiger partial charge on any atom is 0.325 e. The summed E-state index contributed by atoms with van der Waals surface area (Å²) in [4.78, 5) is 10.7. The van der Waals surface area contributed by atoms with Crippen LogP contribution in [0.2, 0.25) is 0 Å². The molecule has 0 saturated heterocycles. The van der Waals surface area contributed by atoms with Crippen LogP contribution in [-0.4, -0.2) is 37.3 Å². The number of aliphatic carboxylic acids is 1. The average Bonchev–Trinajstić information content (AvgIpc) is 2.82. The van der Waals surface area contributed by atoms with E-state index in [9.17, 15) is 4.79 Å². The molecule has 0 aliphatic rings. The highest BCUT2D eigenvalue weighted by Gasteiger charge is 2.11. The van der Waals surface area contributed by atoms with Gasteiger partial charge in [-0.15, -0.1) is 5.10 Å². The van der Waals surface area contributed by atoms with Gasteiger partial charge in [0.25, 0.3) is 0 Å². The Bertz CT molecular complexity index is 553. The van der Waals surface area contributed by atoms with Crippen molar-refractivity contribution in [1.29, 1.82) is 0 Å². The molecule has 1 atom stereocenters. The lowest BCUT2D eigenvalue weighted by molar-refractivity contribution is -0.137. The number of hydrogen-bond donors (Lipinski definition) is 2. The molecule has 0 aliphatic carbocycles. The van der Waals surface area contributed by atoms with E-state index in [0.29, 0.717) is 0 Å². The minimum absolute atomic E-state index is 0.636. The molecule has 0 radical (unpaired) electrons. The molecule has 1 unspecified atom stereocenters. The van der Waals surface area contributed by atoms with Crippen LogP contribution in [0.1, 0.15) is 12.5 Å². The fourth-order valence-electron chi connectivity index (χ4n) is 1.59. The summed E-state index contributed by atoms with van der Waals surface area (Å²) in [5.74, 6) is -0.891. The zero-order valence-electron chi connectivity index (χ0n) is 10.0. The molecule has 0 amide bonds. The van der Waals surface area contributed by atoms with E-state index in [2.05, 4.69) is 20.8 Å². The molecule has 94 valence electrons. The summed E-state index contributed by atoms with van der Waals surface area (Å²) in [5, 5.41) is 22.7. The van der Waals surface area contributed by atoms with Crippen molar-refractivity contribution in [1.82, 2.24) is 20.2 Å². The van der Waals surface area contributed by atoms with E-state index in [-0.39, 0.29) is 0 Å². The maximum absolute atomic E-state index is 10.7. The Morgan fingerprint density at radius 1 is 1.50 bits per heavy atom. The Balaban J connectivity index is 2.23. The van der Waals surface area contributed by atoms with Gasteiger partial charge in [-0.3, -0.25) is 4.79 Å². The quantitative estimate of drug-likeness (QED) is 0.832. The number of carbonyl (C=O) groups is 1. The van der Waals surface area contributed by atoms with Crippen molar-refractivity contribution in [3.63, 3.8) is 0 Å². The molecule has 0 saturated carbocycles. The molecule has 1 aromatic heterocycles. The lowest BCUT2D eigenvalue weighted by atomic mass is 10.1. The molecule has 0 spiro atoms. The molecule has 2 rings (SSSR count). The Morgan fingerprint density at radius 2 is 2.28 bits per heavy atom. The summed E-state index contributed by atoms with van der Waals surface area (Å²) in [6.45, 7) is 3.50. The molecule has 7 nitrogen and oxygen atoms in total. The summed E-state index contributed by atoms with van der Waals surface area (Å²) in [5.41, 5.74) is 2.55. The number of rotatable bonds is 4. The standard InChI is InChI=1S/C11H13N5O2/c1-7-5-9(13-8(2)11(17)18)3-4-10(7)16-6-12-14-15-16/h3-6,8,13H,1-2H3,(H,17,18). The van der Waals surface area contributed by atoms with Crippen LogP contribution in [0.15, 0.2) is 24.5 Å². The molecule has 1 aromatic carbocycles. The Kier molecular flexibility index (Phi) is 3.22. The number of aryl methyl sites for hydroxylation is 1. The molecule has 1 heterocycles. The molecular weight excluding hydrogens is 234 g/mol. The van der Waals surface area contributed by atoms with Gasteiger partial charge in [0.15, 0.2) is 0 Å². The van der Waals surface area contributed by atoms with Crippen molar-refractivity contribution in [2.75, 3.05) is 5.32 Å². The van der Waals surface area contributed by atoms with Crippen LogP contribution < -0.4 is 5.32 Å². The Morgan fingerprint density at radius 3 is 2.83 bits per heavy atom. The lowest BCUT2D eigenvalue weighted by Gasteiger charge is -2.12. The van der Waals surface area contributed by atoms with E-state index in [4.69, 9.17) is 5.11 Å². The van der Waals surface area contributed by atoms with Crippen LogP contribution in [0.5, 0.6) is 0 Å². The van der Waals surface area contributed by atoms with Crippen LogP contribution in [-0.2, 0) is 4.79 Å². The number of carboxylic acids is 1. The van der Waals surface area contributed by atoms with Crippen LogP contribution in [0, 0.1) is 6.92 Å². The van der Waals surface area contributed by atoms with Crippen LogP contribution in [0.4, 0.5) is 5.69 Å². The van der Waals surface area contributed by atoms with Crippen LogP contribution in [0.3, 0.4) is 0 Å². The zero-order valence-corrected chi connectivity index (χ0v) is 10.0. The second-order valence-corrected chi connectivity index (χ2v) is 3.96.